The zero-order valence-corrected chi connectivity index (χ0v) is 9.45. The molecule has 1 aromatic carbocycles. The third-order valence-corrected chi connectivity index (χ3v) is 1.28. The molecule has 0 nitrogen and oxygen atoms in total. The quantitative estimate of drug-likeness (QED) is 0.405. The topological polar surface area (TPSA) is 0 Å². The second kappa shape index (κ2) is 4.85. The van der Waals surface area contributed by atoms with Crippen LogP contribution in [0.3, 0.4) is 0 Å². The molecule has 0 atom stereocenters. The smallest absolute Gasteiger partial charge is 1.00 e. The molecule has 0 aliphatic heterocycles. The molecule has 0 unspecified atom stereocenters. The van der Waals surface area contributed by atoms with Gasteiger partial charge >= 0.3 is 51.4 Å². The molecule has 50 valence electrons. The summed E-state index contributed by atoms with van der Waals surface area (Å²) in [6.45, 7) is 0. The van der Waals surface area contributed by atoms with Gasteiger partial charge in [-0.25, -0.2) is 8.78 Å². The van der Waals surface area contributed by atoms with Gasteiger partial charge in [0.1, 0.15) is 0 Å². The van der Waals surface area contributed by atoms with Crippen LogP contribution in [0.25, 0.3) is 0 Å². The Balaban J connectivity index is 0. The predicted molar refractivity (Wildman–Crippen MR) is 34.7 cm³/mol. The van der Waals surface area contributed by atoms with E-state index < -0.39 is 11.6 Å². The standard InChI is InChI=1S/C6H4F2S.K.H/c7-4-2-1-3-5(9)6(4)8;;/h1-3,9H;;/q;+1;-1. The van der Waals surface area contributed by atoms with E-state index in [1.54, 1.807) is 0 Å². The van der Waals surface area contributed by atoms with Crippen molar-refractivity contribution < 1.29 is 61.6 Å². The summed E-state index contributed by atoms with van der Waals surface area (Å²) in [7, 11) is 0. The van der Waals surface area contributed by atoms with Crippen LogP contribution in [-0.4, -0.2) is 0 Å². The van der Waals surface area contributed by atoms with Gasteiger partial charge in [-0.05, 0) is 12.1 Å². The summed E-state index contributed by atoms with van der Waals surface area (Å²) in [5, 5.41) is 0. The van der Waals surface area contributed by atoms with Gasteiger partial charge in [0.15, 0.2) is 11.6 Å². The SMILES string of the molecule is Fc1cccc(S)c1F.[H-].[K+]. The first-order valence-electron chi connectivity index (χ1n) is 2.35. The van der Waals surface area contributed by atoms with E-state index in [0.717, 1.165) is 6.07 Å². The van der Waals surface area contributed by atoms with Gasteiger partial charge in [-0.2, -0.15) is 0 Å². The molecule has 0 saturated carbocycles. The maximum atomic E-state index is 12.3. The Morgan fingerprint density at radius 2 is 1.90 bits per heavy atom. The van der Waals surface area contributed by atoms with Gasteiger partial charge in [-0.15, -0.1) is 12.6 Å². The first-order valence-corrected chi connectivity index (χ1v) is 2.79. The van der Waals surface area contributed by atoms with Crippen molar-refractivity contribution in [3.63, 3.8) is 0 Å². The summed E-state index contributed by atoms with van der Waals surface area (Å²) in [5.74, 6) is -1.75. The Morgan fingerprint density at radius 1 is 1.30 bits per heavy atom. The summed E-state index contributed by atoms with van der Waals surface area (Å²) in [6.07, 6.45) is 0. The number of hydrogen-bond donors (Lipinski definition) is 1. The minimum absolute atomic E-state index is 0. The zero-order valence-electron chi connectivity index (χ0n) is 6.44. The van der Waals surface area contributed by atoms with Crippen LogP contribution in [0.15, 0.2) is 23.1 Å². The summed E-state index contributed by atoms with van der Waals surface area (Å²) in [5.41, 5.74) is 0. The number of benzene rings is 1. The largest absolute Gasteiger partial charge is 1.00 e. The van der Waals surface area contributed by atoms with Crippen molar-refractivity contribution in [2.24, 2.45) is 0 Å². The van der Waals surface area contributed by atoms with Crippen LogP contribution < -0.4 is 51.4 Å². The average Bonchev–Trinajstić information content (AvgIpc) is 1.83. The Kier molecular flexibility index (Phi) is 5.36. The first-order chi connectivity index (χ1) is 4.22. The van der Waals surface area contributed by atoms with Crippen molar-refractivity contribution >= 4 is 12.6 Å². The van der Waals surface area contributed by atoms with E-state index in [4.69, 9.17) is 0 Å². The summed E-state index contributed by atoms with van der Waals surface area (Å²) < 4.78 is 24.4. The second-order valence-corrected chi connectivity index (χ2v) is 2.05. The molecule has 0 amide bonds. The molecule has 1 rings (SSSR count). The van der Waals surface area contributed by atoms with Crippen molar-refractivity contribution in [2.45, 2.75) is 4.90 Å². The van der Waals surface area contributed by atoms with Gasteiger partial charge in [0.2, 0.25) is 0 Å². The van der Waals surface area contributed by atoms with Crippen LogP contribution in [0.4, 0.5) is 8.78 Å². The van der Waals surface area contributed by atoms with E-state index in [1.807, 2.05) is 0 Å². The summed E-state index contributed by atoms with van der Waals surface area (Å²) >= 11 is 3.65. The van der Waals surface area contributed by atoms with E-state index in [0.29, 0.717) is 0 Å². The van der Waals surface area contributed by atoms with Crippen LogP contribution in [0.2, 0.25) is 0 Å². The molecule has 0 spiro atoms. The molecule has 0 radical (unpaired) electrons. The maximum Gasteiger partial charge on any atom is 1.00 e. The summed E-state index contributed by atoms with van der Waals surface area (Å²) in [6, 6.07) is 3.84. The van der Waals surface area contributed by atoms with E-state index in [2.05, 4.69) is 12.6 Å². The molecule has 0 heterocycles. The third-order valence-electron chi connectivity index (χ3n) is 0.931. The van der Waals surface area contributed by atoms with Gasteiger partial charge < -0.3 is 1.43 Å². The molecule has 4 heteroatoms. The molecular formula is C6H5F2KS. The van der Waals surface area contributed by atoms with Crippen molar-refractivity contribution in [1.29, 1.82) is 0 Å². The molecule has 0 aliphatic rings. The monoisotopic (exact) mass is 186 g/mol. The molecule has 0 N–H and O–H groups in total. The van der Waals surface area contributed by atoms with E-state index >= 15 is 0 Å². The normalized spacial score (nSPS) is 8.70. The van der Waals surface area contributed by atoms with Crippen LogP contribution in [0, 0.1) is 11.6 Å². The fraction of sp³-hybridized carbons (Fsp3) is 0. The van der Waals surface area contributed by atoms with Crippen molar-refractivity contribution in [3.05, 3.63) is 29.8 Å². The Bertz CT molecular complexity index is 212. The zero-order chi connectivity index (χ0) is 6.85. The molecular weight excluding hydrogens is 181 g/mol. The number of halogens is 2. The number of thiol groups is 1. The van der Waals surface area contributed by atoms with Gasteiger partial charge in [0.05, 0.1) is 0 Å². The van der Waals surface area contributed by atoms with E-state index in [9.17, 15) is 8.78 Å². The van der Waals surface area contributed by atoms with Crippen LogP contribution in [0.5, 0.6) is 0 Å². The van der Waals surface area contributed by atoms with E-state index in [-0.39, 0.29) is 57.7 Å². The molecule has 0 aliphatic carbocycles. The van der Waals surface area contributed by atoms with Crippen LogP contribution >= 0.6 is 12.6 Å². The number of rotatable bonds is 0. The first kappa shape index (κ1) is 11.1. The minimum Gasteiger partial charge on any atom is -1.00 e. The molecule has 1 aromatic rings. The van der Waals surface area contributed by atoms with Crippen molar-refractivity contribution in [2.75, 3.05) is 0 Å². The third kappa shape index (κ3) is 2.60. The minimum atomic E-state index is -0.888. The Morgan fingerprint density at radius 3 is 2.30 bits per heavy atom. The van der Waals surface area contributed by atoms with Crippen molar-refractivity contribution in [1.82, 2.24) is 0 Å². The van der Waals surface area contributed by atoms with Gasteiger partial charge in [0.25, 0.3) is 0 Å². The van der Waals surface area contributed by atoms with Crippen LogP contribution in [-0.2, 0) is 0 Å². The Labute approximate surface area is 107 Å². The average molecular weight is 186 g/mol. The molecule has 0 saturated heterocycles. The fourth-order valence-electron chi connectivity index (χ4n) is 0.492. The predicted octanol–water partition coefficient (Wildman–Crippen LogP) is -0.630. The molecule has 10 heavy (non-hydrogen) atoms. The van der Waals surface area contributed by atoms with Crippen LogP contribution in [0.1, 0.15) is 1.43 Å². The maximum absolute atomic E-state index is 12.3. The molecule has 0 aromatic heterocycles. The molecule has 0 bridgehead atoms. The van der Waals surface area contributed by atoms with Crippen molar-refractivity contribution in [3.8, 4) is 0 Å². The fourth-order valence-corrected chi connectivity index (χ4v) is 0.685. The second-order valence-electron chi connectivity index (χ2n) is 1.57. The Hall–Kier alpha value is 1.07. The van der Waals surface area contributed by atoms with Gasteiger partial charge in [-0.1, -0.05) is 6.07 Å². The van der Waals surface area contributed by atoms with Gasteiger partial charge in [-0.3, -0.25) is 0 Å². The number of hydrogen-bond acceptors (Lipinski definition) is 1. The summed E-state index contributed by atoms with van der Waals surface area (Å²) in [4.78, 5) is 0.0370. The van der Waals surface area contributed by atoms with E-state index in [1.165, 1.54) is 12.1 Å². The van der Waals surface area contributed by atoms with Gasteiger partial charge in [0, 0.05) is 4.90 Å². The molecule has 0 fully saturated rings.